The van der Waals surface area contributed by atoms with Crippen LogP contribution < -0.4 is 10.5 Å². The molecule has 112 valence electrons. The number of nitrogens with two attached hydrogens (primary N) is 1. The van der Waals surface area contributed by atoms with Gasteiger partial charge in [-0.1, -0.05) is 38.4 Å². The maximum atomic E-state index is 12.6. The molecule has 1 rings (SSSR count). The van der Waals surface area contributed by atoms with Gasteiger partial charge >= 0.3 is 6.18 Å². The van der Waals surface area contributed by atoms with Gasteiger partial charge < -0.3 is 10.5 Å². The van der Waals surface area contributed by atoms with Crippen LogP contribution in [0.25, 0.3) is 0 Å². The Kier molecular flexibility index (Phi) is 6.19. The van der Waals surface area contributed by atoms with E-state index in [9.17, 15) is 13.2 Å². The molecule has 0 atom stereocenters. The first-order valence-electron chi connectivity index (χ1n) is 6.37. The molecule has 0 bridgehead atoms. The van der Waals surface area contributed by atoms with Gasteiger partial charge in [0.05, 0.1) is 12.2 Å². The van der Waals surface area contributed by atoms with Crippen LogP contribution in [0.2, 0.25) is 0 Å². The van der Waals surface area contributed by atoms with Crippen LogP contribution in [-0.4, -0.2) is 16.6 Å². The van der Waals surface area contributed by atoms with Crippen LogP contribution in [0.1, 0.15) is 43.9 Å². The zero-order valence-electron chi connectivity index (χ0n) is 11.2. The summed E-state index contributed by atoms with van der Waals surface area (Å²) in [5, 5.41) is 0. The fourth-order valence-electron chi connectivity index (χ4n) is 1.59. The van der Waals surface area contributed by atoms with Crippen LogP contribution >= 0.6 is 12.2 Å². The number of halogens is 3. The summed E-state index contributed by atoms with van der Waals surface area (Å²) in [6.45, 7) is 2.37. The van der Waals surface area contributed by atoms with Crippen molar-refractivity contribution < 1.29 is 17.9 Å². The SMILES string of the molecule is CCCCCCOc1nc(C(F)(F)F)ccc1C(N)=S. The first-order chi connectivity index (χ1) is 9.36. The van der Waals surface area contributed by atoms with Gasteiger partial charge in [-0.2, -0.15) is 13.2 Å². The zero-order valence-corrected chi connectivity index (χ0v) is 12.0. The molecule has 7 heteroatoms. The topological polar surface area (TPSA) is 48.1 Å². The van der Waals surface area contributed by atoms with Crippen LogP contribution in [0.5, 0.6) is 5.88 Å². The van der Waals surface area contributed by atoms with Gasteiger partial charge in [0, 0.05) is 0 Å². The van der Waals surface area contributed by atoms with Crippen molar-refractivity contribution in [3.63, 3.8) is 0 Å². The largest absolute Gasteiger partial charge is 0.477 e. The van der Waals surface area contributed by atoms with Crippen molar-refractivity contribution >= 4 is 17.2 Å². The van der Waals surface area contributed by atoms with Gasteiger partial charge in [-0.25, -0.2) is 4.98 Å². The molecule has 20 heavy (non-hydrogen) atoms. The van der Waals surface area contributed by atoms with Gasteiger partial charge in [-0.3, -0.25) is 0 Å². The Morgan fingerprint density at radius 2 is 2.00 bits per heavy atom. The predicted molar refractivity (Wildman–Crippen MR) is 74.8 cm³/mol. The number of pyridine rings is 1. The van der Waals surface area contributed by atoms with E-state index in [0.717, 1.165) is 31.7 Å². The molecule has 1 aromatic rings. The summed E-state index contributed by atoms with van der Waals surface area (Å²) in [5.74, 6) is -0.149. The van der Waals surface area contributed by atoms with Crippen molar-refractivity contribution in [1.82, 2.24) is 4.98 Å². The molecular formula is C13H17F3N2OS. The molecule has 0 saturated carbocycles. The van der Waals surface area contributed by atoms with E-state index in [1.54, 1.807) is 0 Å². The van der Waals surface area contributed by atoms with Crippen molar-refractivity contribution in [1.29, 1.82) is 0 Å². The average Bonchev–Trinajstić information content (AvgIpc) is 2.37. The van der Waals surface area contributed by atoms with E-state index in [2.05, 4.69) is 11.9 Å². The molecule has 0 unspecified atom stereocenters. The van der Waals surface area contributed by atoms with Crippen LogP contribution in [0, 0.1) is 0 Å². The van der Waals surface area contributed by atoms with E-state index in [1.807, 2.05) is 0 Å². The molecule has 0 aromatic carbocycles. The Bertz CT molecular complexity index is 463. The monoisotopic (exact) mass is 306 g/mol. The number of aromatic nitrogens is 1. The predicted octanol–water partition coefficient (Wildman–Crippen LogP) is 3.69. The maximum absolute atomic E-state index is 12.6. The number of rotatable bonds is 7. The highest BCUT2D eigenvalue weighted by atomic mass is 32.1. The molecule has 0 aliphatic rings. The molecule has 0 fully saturated rings. The van der Waals surface area contributed by atoms with E-state index in [0.29, 0.717) is 6.61 Å². The third-order valence-electron chi connectivity index (χ3n) is 2.65. The Hall–Kier alpha value is -1.37. The normalized spacial score (nSPS) is 11.4. The molecule has 3 nitrogen and oxygen atoms in total. The van der Waals surface area contributed by atoms with E-state index in [-0.39, 0.29) is 16.4 Å². The van der Waals surface area contributed by atoms with Gasteiger partial charge in [-0.05, 0) is 18.6 Å². The van der Waals surface area contributed by atoms with E-state index in [4.69, 9.17) is 22.7 Å². The summed E-state index contributed by atoms with van der Waals surface area (Å²) in [6, 6.07) is 2.04. The standard InChI is InChI=1S/C13H17F3N2OS/c1-2-3-4-5-8-19-12-9(11(17)20)6-7-10(18-12)13(14,15)16/h6-7H,2-5,8H2,1H3,(H2,17,20). The second kappa shape index (κ2) is 7.42. The van der Waals surface area contributed by atoms with Crippen LogP contribution in [0.15, 0.2) is 12.1 Å². The molecule has 0 spiro atoms. The highest BCUT2D eigenvalue weighted by Crippen LogP contribution is 2.30. The van der Waals surface area contributed by atoms with Crippen molar-refractivity contribution in [3.8, 4) is 5.88 Å². The Morgan fingerprint density at radius 3 is 2.55 bits per heavy atom. The lowest BCUT2D eigenvalue weighted by Gasteiger charge is -2.12. The lowest BCUT2D eigenvalue weighted by molar-refractivity contribution is -0.141. The second-order valence-corrected chi connectivity index (χ2v) is 4.76. The molecule has 0 radical (unpaired) electrons. The number of thiocarbonyl (C=S) groups is 1. The number of hydrogen-bond donors (Lipinski definition) is 1. The third kappa shape index (κ3) is 4.96. The Balaban J connectivity index is 2.81. The summed E-state index contributed by atoms with van der Waals surface area (Å²) in [7, 11) is 0. The van der Waals surface area contributed by atoms with Crippen LogP contribution in [0.4, 0.5) is 13.2 Å². The minimum absolute atomic E-state index is 0.0326. The van der Waals surface area contributed by atoms with E-state index >= 15 is 0 Å². The van der Waals surface area contributed by atoms with Crippen molar-refractivity contribution in [2.24, 2.45) is 5.73 Å². The van der Waals surface area contributed by atoms with E-state index < -0.39 is 11.9 Å². The first kappa shape index (κ1) is 16.7. The Morgan fingerprint density at radius 1 is 1.30 bits per heavy atom. The quantitative estimate of drug-likeness (QED) is 0.616. The summed E-state index contributed by atoms with van der Waals surface area (Å²) < 4.78 is 43.1. The highest BCUT2D eigenvalue weighted by molar-refractivity contribution is 7.80. The average molecular weight is 306 g/mol. The molecular weight excluding hydrogens is 289 g/mol. The Labute approximate surface area is 121 Å². The molecule has 0 aliphatic carbocycles. The third-order valence-corrected chi connectivity index (χ3v) is 2.87. The minimum atomic E-state index is -4.52. The van der Waals surface area contributed by atoms with Gasteiger partial charge in [0.1, 0.15) is 10.7 Å². The summed E-state index contributed by atoms with van der Waals surface area (Å²) in [4.78, 5) is 3.44. The number of unbranched alkanes of at least 4 members (excludes halogenated alkanes) is 3. The molecule has 0 aliphatic heterocycles. The summed E-state index contributed by atoms with van der Waals surface area (Å²) in [6.07, 6.45) is -0.684. The lowest BCUT2D eigenvalue weighted by Crippen LogP contribution is -2.16. The first-order valence-corrected chi connectivity index (χ1v) is 6.78. The number of ether oxygens (including phenoxy) is 1. The molecule has 0 saturated heterocycles. The van der Waals surface area contributed by atoms with E-state index in [1.165, 1.54) is 6.07 Å². The van der Waals surface area contributed by atoms with Gasteiger partial charge in [0.15, 0.2) is 0 Å². The molecule has 1 aromatic heterocycles. The van der Waals surface area contributed by atoms with Gasteiger partial charge in [-0.15, -0.1) is 0 Å². The summed E-state index contributed by atoms with van der Waals surface area (Å²) >= 11 is 4.78. The maximum Gasteiger partial charge on any atom is 0.433 e. The smallest absolute Gasteiger partial charge is 0.433 e. The summed E-state index contributed by atoms with van der Waals surface area (Å²) in [5.41, 5.74) is 4.67. The van der Waals surface area contributed by atoms with Crippen molar-refractivity contribution in [3.05, 3.63) is 23.4 Å². The van der Waals surface area contributed by atoms with Crippen LogP contribution in [-0.2, 0) is 6.18 Å². The fourth-order valence-corrected chi connectivity index (χ4v) is 1.75. The molecule has 2 N–H and O–H groups in total. The number of alkyl halides is 3. The molecule has 1 heterocycles. The number of hydrogen-bond acceptors (Lipinski definition) is 3. The van der Waals surface area contributed by atoms with Crippen molar-refractivity contribution in [2.75, 3.05) is 6.61 Å². The minimum Gasteiger partial charge on any atom is -0.477 e. The highest BCUT2D eigenvalue weighted by Gasteiger charge is 2.33. The second-order valence-electron chi connectivity index (χ2n) is 4.32. The van der Waals surface area contributed by atoms with Gasteiger partial charge in [0.2, 0.25) is 5.88 Å². The zero-order chi connectivity index (χ0) is 15.2. The lowest BCUT2D eigenvalue weighted by atomic mass is 10.2. The fraction of sp³-hybridized carbons (Fsp3) is 0.538. The van der Waals surface area contributed by atoms with Gasteiger partial charge in [0.25, 0.3) is 0 Å². The number of nitrogens with zero attached hydrogens (tertiary/aromatic N) is 1. The van der Waals surface area contributed by atoms with Crippen LogP contribution in [0.3, 0.4) is 0 Å². The van der Waals surface area contributed by atoms with Crippen molar-refractivity contribution in [2.45, 2.75) is 38.8 Å². The molecule has 0 amide bonds.